The maximum Gasteiger partial charge on any atom is 0.152 e. The molecule has 0 unspecified atom stereocenters. The van der Waals surface area contributed by atoms with E-state index in [0.717, 1.165) is 32.1 Å². The molecule has 2 aliphatic carbocycles. The predicted octanol–water partition coefficient (Wildman–Crippen LogP) is 2.02. The Bertz CT molecular complexity index is 202. The van der Waals surface area contributed by atoms with Crippen LogP contribution in [0.3, 0.4) is 0 Å². The lowest BCUT2D eigenvalue weighted by Crippen LogP contribution is -2.49. The number of carbonyl (C=O) groups is 1. The first kappa shape index (κ1) is 9.20. The van der Waals surface area contributed by atoms with Crippen molar-refractivity contribution in [3.05, 3.63) is 0 Å². The second kappa shape index (κ2) is 3.41. The van der Waals surface area contributed by atoms with Crippen LogP contribution in [0.15, 0.2) is 0 Å². The molecule has 0 bridgehead atoms. The summed E-state index contributed by atoms with van der Waals surface area (Å²) in [5.74, 6) is 1.03. The first-order chi connectivity index (χ1) is 6.21. The second-order valence-electron chi connectivity index (χ2n) is 4.79. The summed E-state index contributed by atoms with van der Waals surface area (Å²) in [5, 5.41) is 0. The Morgan fingerprint density at radius 3 is 2.38 bits per heavy atom. The number of hydrogen-bond acceptors (Lipinski definition) is 2. The van der Waals surface area contributed by atoms with E-state index in [2.05, 4.69) is 0 Å². The molecule has 13 heavy (non-hydrogen) atoms. The molecule has 0 saturated heterocycles. The lowest BCUT2D eigenvalue weighted by Gasteiger charge is -2.31. The molecule has 2 heteroatoms. The molecular weight excluding hydrogens is 162 g/mol. The molecule has 2 rings (SSSR count). The van der Waals surface area contributed by atoms with Gasteiger partial charge >= 0.3 is 0 Å². The van der Waals surface area contributed by atoms with Gasteiger partial charge in [-0.2, -0.15) is 0 Å². The fourth-order valence-corrected chi connectivity index (χ4v) is 2.25. The standard InChI is InChI=1S/C11H19NO/c12-11(6-2-1-3-7-11)10(13)8-9-4-5-9/h9H,1-8,12H2. The highest BCUT2D eigenvalue weighted by atomic mass is 16.1. The molecule has 2 saturated carbocycles. The predicted molar refractivity (Wildman–Crippen MR) is 52.4 cm³/mol. The summed E-state index contributed by atoms with van der Waals surface area (Å²) in [6.45, 7) is 0. The summed E-state index contributed by atoms with van der Waals surface area (Å²) in [6, 6.07) is 0. The van der Waals surface area contributed by atoms with Crippen LogP contribution < -0.4 is 5.73 Å². The number of ketones is 1. The highest BCUT2D eigenvalue weighted by molar-refractivity contribution is 5.88. The lowest BCUT2D eigenvalue weighted by atomic mass is 9.78. The molecule has 74 valence electrons. The molecule has 0 atom stereocenters. The van der Waals surface area contributed by atoms with Gasteiger partial charge in [0.05, 0.1) is 5.54 Å². The van der Waals surface area contributed by atoms with Crippen LogP contribution in [0.2, 0.25) is 0 Å². The van der Waals surface area contributed by atoms with Gasteiger partial charge in [-0.3, -0.25) is 4.79 Å². The Hall–Kier alpha value is -0.370. The minimum absolute atomic E-state index is 0.342. The molecule has 0 spiro atoms. The van der Waals surface area contributed by atoms with Gasteiger partial charge in [0, 0.05) is 6.42 Å². The zero-order valence-electron chi connectivity index (χ0n) is 8.22. The van der Waals surface area contributed by atoms with Crippen LogP contribution in [0.1, 0.15) is 51.4 Å². The van der Waals surface area contributed by atoms with Crippen LogP contribution in [0.25, 0.3) is 0 Å². The maximum absolute atomic E-state index is 11.8. The van der Waals surface area contributed by atoms with Crippen LogP contribution >= 0.6 is 0 Å². The van der Waals surface area contributed by atoms with Crippen molar-refractivity contribution in [1.82, 2.24) is 0 Å². The minimum Gasteiger partial charge on any atom is -0.319 e. The van der Waals surface area contributed by atoms with Crippen molar-refractivity contribution < 1.29 is 4.79 Å². The van der Waals surface area contributed by atoms with E-state index in [4.69, 9.17) is 5.73 Å². The van der Waals surface area contributed by atoms with Crippen LogP contribution in [0.5, 0.6) is 0 Å². The number of Topliss-reactive ketones (excluding diaryl/α,β-unsaturated/α-hetero) is 1. The summed E-state index contributed by atoms with van der Waals surface area (Å²) in [4.78, 5) is 11.8. The van der Waals surface area contributed by atoms with Crippen molar-refractivity contribution in [3.8, 4) is 0 Å². The van der Waals surface area contributed by atoms with Gasteiger partial charge in [0.15, 0.2) is 5.78 Å². The Morgan fingerprint density at radius 1 is 1.23 bits per heavy atom. The summed E-state index contributed by atoms with van der Waals surface area (Å²) in [5.41, 5.74) is 5.70. The van der Waals surface area contributed by atoms with E-state index in [0.29, 0.717) is 11.7 Å². The summed E-state index contributed by atoms with van der Waals surface area (Å²) in [7, 11) is 0. The molecule has 0 aliphatic heterocycles. The van der Waals surface area contributed by atoms with Crippen molar-refractivity contribution in [2.24, 2.45) is 11.7 Å². The minimum atomic E-state index is -0.430. The van der Waals surface area contributed by atoms with Gasteiger partial charge in [-0.1, -0.05) is 19.3 Å². The van der Waals surface area contributed by atoms with Crippen LogP contribution in [0.4, 0.5) is 0 Å². The van der Waals surface area contributed by atoms with Gasteiger partial charge in [-0.05, 0) is 31.6 Å². The summed E-state index contributed by atoms with van der Waals surface area (Å²) in [6.07, 6.45) is 8.67. The summed E-state index contributed by atoms with van der Waals surface area (Å²) < 4.78 is 0. The number of rotatable bonds is 3. The van der Waals surface area contributed by atoms with Crippen molar-refractivity contribution in [3.63, 3.8) is 0 Å². The lowest BCUT2D eigenvalue weighted by molar-refractivity contribution is -0.125. The fraction of sp³-hybridized carbons (Fsp3) is 0.909. The van der Waals surface area contributed by atoms with Crippen LogP contribution in [0, 0.1) is 5.92 Å². The molecule has 2 aliphatic rings. The maximum atomic E-state index is 11.8. The zero-order valence-corrected chi connectivity index (χ0v) is 8.22. The van der Waals surface area contributed by atoms with Crippen molar-refractivity contribution >= 4 is 5.78 Å². The largest absolute Gasteiger partial charge is 0.319 e. The molecule has 0 heterocycles. The zero-order chi connectivity index (χ0) is 9.31. The SMILES string of the molecule is NC1(C(=O)CC2CC2)CCCCC1. The smallest absolute Gasteiger partial charge is 0.152 e. The van der Waals surface area contributed by atoms with Gasteiger partial charge in [-0.25, -0.2) is 0 Å². The highest BCUT2D eigenvalue weighted by Crippen LogP contribution is 2.36. The van der Waals surface area contributed by atoms with E-state index >= 15 is 0 Å². The van der Waals surface area contributed by atoms with E-state index in [1.54, 1.807) is 0 Å². The molecule has 2 fully saturated rings. The van der Waals surface area contributed by atoms with Gasteiger partial charge < -0.3 is 5.73 Å². The molecule has 0 aromatic heterocycles. The van der Waals surface area contributed by atoms with E-state index in [1.165, 1.54) is 19.3 Å². The molecule has 0 aromatic rings. The third-order valence-electron chi connectivity index (χ3n) is 3.47. The Morgan fingerprint density at radius 2 is 1.85 bits per heavy atom. The van der Waals surface area contributed by atoms with Gasteiger partial charge in [0.2, 0.25) is 0 Å². The third-order valence-corrected chi connectivity index (χ3v) is 3.47. The molecule has 2 nitrogen and oxygen atoms in total. The van der Waals surface area contributed by atoms with E-state index in [1.807, 2.05) is 0 Å². The Labute approximate surface area is 79.9 Å². The molecule has 0 radical (unpaired) electrons. The number of hydrogen-bond donors (Lipinski definition) is 1. The number of nitrogens with two attached hydrogens (primary N) is 1. The van der Waals surface area contributed by atoms with Gasteiger partial charge in [-0.15, -0.1) is 0 Å². The van der Waals surface area contributed by atoms with E-state index in [9.17, 15) is 4.79 Å². The fourth-order valence-electron chi connectivity index (χ4n) is 2.25. The van der Waals surface area contributed by atoms with Crippen LogP contribution in [-0.2, 0) is 4.79 Å². The van der Waals surface area contributed by atoms with E-state index in [-0.39, 0.29) is 0 Å². The quantitative estimate of drug-likeness (QED) is 0.723. The van der Waals surface area contributed by atoms with Crippen molar-refractivity contribution in [2.75, 3.05) is 0 Å². The van der Waals surface area contributed by atoms with Crippen molar-refractivity contribution in [2.45, 2.75) is 56.9 Å². The normalized spacial score (nSPS) is 27.2. The molecule has 0 aromatic carbocycles. The molecular formula is C11H19NO. The Kier molecular flexibility index (Phi) is 2.41. The van der Waals surface area contributed by atoms with Crippen molar-refractivity contribution in [1.29, 1.82) is 0 Å². The second-order valence-corrected chi connectivity index (χ2v) is 4.79. The first-order valence-corrected chi connectivity index (χ1v) is 5.53. The topological polar surface area (TPSA) is 43.1 Å². The first-order valence-electron chi connectivity index (χ1n) is 5.53. The third kappa shape index (κ3) is 2.11. The number of carbonyl (C=O) groups excluding carboxylic acids is 1. The molecule has 0 amide bonds. The average molecular weight is 181 g/mol. The Balaban J connectivity index is 1.90. The average Bonchev–Trinajstić information content (AvgIpc) is 2.89. The molecule has 2 N–H and O–H groups in total. The van der Waals surface area contributed by atoms with Gasteiger partial charge in [0.25, 0.3) is 0 Å². The van der Waals surface area contributed by atoms with E-state index < -0.39 is 5.54 Å². The van der Waals surface area contributed by atoms with Crippen LogP contribution in [-0.4, -0.2) is 11.3 Å². The van der Waals surface area contributed by atoms with Gasteiger partial charge in [0.1, 0.15) is 0 Å². The monoisotopic (exact) mass is 181 g/mol. The summed E-state index contributed by atoms with van der Waals surface area (Å²) >= 11 is 0. The highest BCUT2D eigenvalue weighted by Gasteiger charge is 2.37.